The quantitative estimate of drug-likeness (QED) is 0.584. The first kappa shape index (κ1) is 3.85. The molecule has 0 aromatic rings. The molecule has 1 N–H and O–H groups in total. The van der Waals surface area contributed by atoms with Crippen LogP contribution < -0.4 is 4.72 Å². The minimum atomic E-state index is -3.67. The Kier molecular flexibility index (Phi) is 1.18. The Morgan fingerprint density at radius 3 is 2.25 bits per heavy atom. The summed E-state index contributed by atoms with van der Waals surface area (Å²) in [7, 11) is -3.67. The van der Waals surface area contributed by atoms with Crippen LogP contribution in [0.15, 0.2) is 0 Å². The average molecular weight is 140 g/mol. The molecule has 8 heavy (non-hydrogen) atoms. The molecule has 0 saturated heterocycles. The molecule has 0 unspecified atom stereocenters. The van der Waals surface area contributed by atoms with Crippen molar-refractivity contribution in [1.82, 2.24) is 4.72 Å². The topological polar surface area (TPSA) is 46.2 Å². The van der Waals surface area contributed by atoms with Crippen molar-refractivity contribution in [1.29, 1.82) is 0 Å². The molecule has 50 valence electrons. The van der Waals surface area contributed by atoms with Crippen molar-refractivity contribution in [3.63, 3.8) is 0 Å². The maximum Gasteiger partial charge on any atom is 0.213 e. The van der Waals surface area contributed by atoms with E-state index in [2.05, 4.69) is 0 Å². The molecule has 0 heterocycles. The van der Waals surface area contributed by atoms with Crippen molar-refractivity contribution < 1.29 is 12.5 Å². The maximum atomic E-state index is 10.9. The first-order valence-corrected chi connectivity index (χ1v) is 3.72. The number of hydrogen-bond acceptors (Lipinski definition) is 2. The molecule has 0 aromatic carbocycles. The third-order valence-corrected chi connectivity index (χ3v) is 2.29. The van der Waals surface area contributed by atoms with Crippen LogP contribution in [0, 0.1) is 0 Å². The monoisotopic (exact) mass is 140 g/mol. The number of nitrogens with one attached hydrogen (secondary N) is 1. The first-order valence-electron chi connectivity index (χ1n) is 3.68. The lowest BCUT2D eigenvalue weighted by molar-refractivity contribution is 0.579. The number of sulfonamides is 1. The molecule has 0 spiro atoms. The molecule has 0 aliphatic rings. The highest BCUT2D eigenvalue weighted by molar-refractivity contribution is 7.90. The molecule has 4 heteroatoms. The van der Waals surface area contributed by atoms with Crippen molar-refractivity contribution in [2.24, 2.45) is 0 Å². The summed E-state index contributed by atoms with van der Waals surface area (Å²) < 4.78 is 43.2. The van der Waals surface area contributed by atoms with Gasteiger partial charge in [-0.25, -0.2) is 13.1 Å². The zero-order valence-corrected chi connectivity index (χ0v) is 5.62. The van der Waals surface area contributed by atoms with Crippen LogP contribution in [0.4, 0.5) is 0 Å². The molecule has 0 amide bonds. The molecule has 0 atom stereocenters. The highest BCUT2D eigenvalue weighted by Crippen LogP contribution is 1.92. The standard InChI is InChI=1S/C4H11NO2S/c1-4(2)8(6,7)5-3/h4-5H,1-3H3/i3D3. The van der Waals surface area contributed by atoms with Gasteiger partial charge in [-0.2, -0.15) is 0 Å². The third kappa shape index (κ3) is 1.79. The summed E-state index contributed by atoms with van der Waals surface area (Å²) in [5.41, 5.74) is 0. The van der Waals surface area contributed by atoms with Gasteiger partial charge in [0.25, 0.3) is 0 Å². The summed E-state index contributed by atoms with van der Waals surface area (Å²) in [6, 6.07) is 0. The highest BCUT2D eigenvalue weighted by Gasteiger charge is 2.10. The van der Waals surface area contributed by atoms with E-state index in [0.29, 0.717) is 0 Å². The summed E-state index contributed by atoms with van der Waals surface area (Å²) in [5.74, 6) is 0. The Bertz CT molecular complexity index is 218. The molecule has 0 radical (unpaired) electrons. The van der Waals surface area contributed by atoms with Gasteiger partial charge in [-0.1, -0.05) is 0 Å². The van der Waals surface area contributed by atoms with Crippen molar-refractivity contribution in [3.8, 4) is 0 Å². The molecule has 0 aliphatic heterocycles. The average Bonchev–Trinajstić information content (AvgIpc) is 1.56. The van der Waals surface area contributed by atoms with E-state index in [1.165, 1.54) is 13.8 Å². The molecule has 0 rings (SSSR count). The van der Waals surface area contributed by atoms with Gasteiger partial charge in [-0.3, -0.25) is 0 Å². The second-order valence-electron chi connectivity index (χ2n) is 1.70. The van der Waals surface area contributed by atoms with Crippen LogP contribution in [0.5, 0.6) is 0 Å². The van der Waals surface area contributed by atoms with E-state index in [1.807, 2.05) is 0 Å². The lowest BCUT2D eigenvalue weighted by atomic mass is 10.6. The second kappa shape index (κ2) is 2.46. The summed E-state index contributed by atoms with van der Waals surface area (Å²) >= 11 is 0. The minimum absolute atomic E-state index is 0.720. The summed E-state index contributed by atoms with van der Waals surface area (Å²) in [6.07, 6.45) is 0. The molecular formula is C4H11NO2S. The van der Waals surface area contributed by atoms with Gasteiger partial charge in [-0.15, -0.1) is 0 Å². The molecule has 0 aromatic heterocycles. The molecular weight excluding hydrogens is 126 g/mol. The van der Waals surface area contributed by atoms with Gasteiger partial charge in [-0.05, 0) is 20.8 Å². The second-order valence-corrected chi connectivity index (χ2v) is 3.93. The Hall–Kier alpha value is -0.0900. The zero-order chi connectivity index (χ0) is 9.28. The maximum absolute atomic E-state index is 10.9. The van der Waals surface area contributed by atoms with Crippen molar-refractivity contribution in [3.05, 3.63) is 0 Å². The third-order valence-electron chi connectivity index (χ3n) is 0.763. The first-order chi connectivity index (χ1) is 4.65. The van der Waals surface area contributed by atoms with E-state index in [0.717, 1.165) is 0 Å². The lowest BCUT2D eigenvalue weighted by Gasteiger charge is -2.02. The Morgan fingerprint density at radius 1 is 1.62 bits per heavy atom. The van der Waals surface area contributed by atoms with Crippen molar-refractivity contribution in [2.75, 3.05) is 6.98 Å². The smallest absolute Gasteiger partial charge is 0.213 e. The largest absolute Gasteiger partial charge is 0.218 e. The number of hydrogen-bond donors (Lipinski definition) is 1. The SMILES string of the molecule is [2H]C([2H])([2H])NS(=O)(=O)C(C)C. The molecule has 0 aliphatic carbocycles. The van der Waals surface area contributed by atoms with Crippen molar-refractivity contribution in [2.45, 2.75) is 19.1 Å². The highest BCUT2D eigenvalue weighted by atomic mass is 32.2. The molecule has 3 nitrogen and oxygen atoms in total. The Balaban J connectivity index is 4.40. The van der Waals surface area contributed by atoms with Crippen LogP contribution in [-0.4, -0.2) is 20.6 Å². The van der Waals surface area contributed by atoms with E-state index in [-0.39, 0.29) is 0 Å². The van der Waals surface area contributed by atoms with E-state index in [1.54, 1.807) is 4.72 Å². The minimum Gasteiger partial charge on any atom is -0.218 e. The summed E-state index contributed by atoms with van der Waals surface area (Å²) in [5, 5.41) is -0.720. The molecule has 0 fully saturated rings. The fourth-order valence-corrected chi connectivity index (χ4v) is 0.354. The van der Waals surface area contributed by atoms with E-state index < -0.39 is 22.2 Å². The van der Waals surface area contributed by atoms with Gasteiger partial charge in [0.1, 0.15) is 0 Å². The molecule has 0 saturated carbocycles. The molecule has 0 bridgehead atoms. The normalized spacial score (nSPS) is 19.6. The summed E-state index contributed by atoms with van der Waals surface area (Å²) in [6.45, 7) is 0.200. The zero-order valence-electron chi connectivity index (χ0n) is 7.80. The van der Waals surface area contributed by atoms with Crippen molar-refractivity contribution >= 4 is 10.0 Å². The van der Waals surface area contributed by atoms with Crippen LogP contribution in [0.25, 0.3) is 0 Å². The van der Waals surface area contributed by atoms with E-state index >= 15 is 0 Å². The predicted molar refractivity (Wildman–Crippen MR) is 33.1 cm³/mol. The van der Waals surface area contributed by atoms with Gasteiger partial charge >= 0.3 is 0 Å². The van der Waals surface area contributed by atoms with Gasteiger partial charge in [0, 0.05) is 4.11 Å². The summed E-state index contributed by atoms with van der Waals surface area (Å²) in [4.78, 5) is 0. The van der Waals surface area contributed by atoms with E-state index in [4.69, 9.17) is 4.11 Å². The van der Waals surface area contributed by atoms with Gasteiger partial charge in [0.2, 0.25) is 10.0 Å². The van der Waals surface area contributed by atoms with Crippen LogP contribution in [0.1, 0.15) is 18.0 Å². The fraction of sp³-hybridized carbons (Fsp3) is 1.00. The van der Waals surface area contributed by atoms with Crippen LogP contribution in [-0.2, 0) is 10.0 Å². The van der Waals surface area contributed by atoms with Gasteiger partial charge < -0.3 is 0 Å². The van der Waals surface area contributed by atoms with Crippen LogP contribution in [0.2, 0.25) is 0 Å². The Labute approximate surface area is 54.4 Å². The fourth-order valence-electron chi connectivity index (χ4n) is 0.118. The predicted octanol–water partition coefficient (Wildman–Crippen LogP) is -0.0560. The Morgan fingerprint density at radius 2 is 2.12 bits per heavy atom. The van der Waals surface area contributed by atoms with Gasteiger partial charge in [0.15, 0.2) is 0 Å². The van der Waals surface area contributed by atoms with Gasteiger partial charge in [0.05, 0.1) is 5.25 Å². The van der Waals surface area contributed by atoms with Crippen LogP contribution in [0.3, 0.4) is 0 Å². The van der Waals surface area contributed by atoms with Crippen LogP contribution >= 0.6 is 0 Å². The van der Waals surface area contributed by atoms with E-state index in [9.17, 15) is 8.42 Å². The lowest BCUT2D eigenvalue weighted by Crippen LogP contribution is -2.26. The number of rotatable bonds is 2.